The van der Waals surface area contributed by atoms with Gasteiger partial charge in [-0.25, -0.2) is 4.68 Å². The zero-order valence-electron chi connectivity index (χ0n) is 10.1. The highest BCUT2D eigenvalue weighted by atomic mass is 15.3. The van der Waals surface area contributed by atoms with Crippen LogP contribution in [0.1, 0.15) is 30.0 Å². The topological polar surface area (TPSA) is 29.9 Å². The van der Waals surface area contributed by atoms with Gasteiger partial charge in [-0.15, -0.1) is 0 Å². The lowest BCUT2D eigenvalue weighted by molar-refractivity contribution is 0.806. The number of nitrogens with zero attached hydrogens (tertiary/aromatic N) is 2. The van der Waals surface area contributed by atoms with E-state index in [1.807, 2.05) is 11.7 Å². The number of rotatable bonds is 4. The second-order valence-corrected chi connectivity index (χ2v) is 4.66. The van der Waals surface area contributed by atoms with E-state index >= 15 is 0 Å². The molecule has 3 nitrogen and oxygen atoms in total. The van der Waals surface area contributed by atoms with Crippen LogP contribution in [0.4, 0.5) is 0 Å². The molecule has 0 unspecified atom stereocenters. The van der Waals surface area contributed by atoms with E-state index < -0.39 is 0 Å². The van der Waals surface area contributed by atoms with Gasteiger partial charge in [0.25, 0.3) is 0 Å². The quantitative estimate of drug-likeness (QED) is 0.869. The second-order valence-electron chi connectivity index (χ2n) is 4.66. The first-order valence-electron chi connectivity index (χ1n) is 6.16. The predicted octanol–water partition coefficient (Wildman–Crippen LogP) is 2.47. The molecule has 0 amide bonds. The molecule has 1 heterocycles. The normalized spacial score (nSPS) is 15.1. The molecular formula is C14H17N3. The molecule has 0 atom stereocenters. The molecule has 0 radical (unpaired) electrons. The van der Waals surface area contributed by atoms with Gasteiger partial charge in [-0.3, -0.25) is 0 Å². The van der Waals surface area contributed by atoms with Gasteiger partial charge in [0.2, 0.25) is 0 Å². The van der Waals surface area contributed by atoms with E-state index in [2.05, 4.69) is 46.9 Å². The molecule has 0 bridgehead atoms. The first-order chi connectivity index (χ1) is 8.36. The van der Waals surface area contributed by atoms with Gasteiger partial charge in [0, 0.05) is 18.7 Å². The maximum Gasteiger partial charge on any atom is 0.0659 e. The monoisotopic (exact) mass is 227 g/mol. The molecule has 1 aromatic heterocycles. The fourth-order valence-corrected chi connectivity index (χ4v) is 2.09. The molecule has 1 aliphatic carbocycles. The second kappa shape index (κ2) is 4.34. The van der Waals surface area contributed by atoms with Gasteiger partial charge < -0.3 is 5.32 Å². The van der Waals surface area contributed by atoms with Crippen LogP contribution < -0.4 is 5.32 Å². The lowest BCUT2D eigenvalue weighted by Gasteiger charge is -2.04. The molecule has 1 aliphatic rings. The summed E-state index contributed by atoms with van der Waals surface area (Å²) in [6.07, 6.45) is 4.67. The van der Waals surface area contributed by atoms with Gasteiger partial charge in [-0.2, -0.15) is 5.10 Å². The summed E-state index contributed by atoms with van der Waals surface area (Å²) < 4.78 is 1.98. The standard InChI is InChI=1S/C14H17N3/c1-15-10-11-3-2-4-13(9-11)17-8-7-14(16-17)12-5-6-12/h2-4,7-9,12,15H,5-6,10H2,1H3. The molecule has 3 heteroatoms. The molecule has 1 saturated carbocycles. The van der Waals surface area contributed by atoms with Gasteiger partial charge in [-0.05, 0) is 43.7 Å². The number of aromatic nitrogens is 2. The average molecular weight is 227 g/mol. The van der Waals surface area contributed by atoms with E-state index in [0.717, 1.165) is 18.2 Å². The first kappa shape index (κ1) is 10.5. The van der Waals surface area contributed by atoms with Crippen molar-refractivity contribution >= 4 is 0 Å². The van der Waals surface area contributed by atoms with Crippen molar-refractivity contribution in [2.75, 3.05) is 7.05 Å². The summed E-state index contributed by atoms with van der Waals surface area (Å²) in [5.74, 6) is 0.719. The fourth-order valence-electron chi connectivity index (χ4n) is 2.09. The Balaban J connectivity index is 1.88. The van der Waals surface area contributed by atoms with Crippen LogP contribution in [0.3, 0.4) is 0 Å². The highest BCUT2D eigenvalue weighted by Gasteiger charge is 2.25. The van der Waals surface area contributed by atoms with Crippen LogP contribution in [-0.4, -0.2) is 16.8 Å². The lowest BCUT2D eigenvalue weighted by atomic mass is 10.2. The van der Waals surface area contributed by atoms with E-state index in [1.165, 1.54) is 24.1 Å². The lowest BCUT2D eigenvalue weighted by Crippen LogP contribution is -2.05. The molecular weight excluding hydrogens is 210 g/mol. The Morgan fingerprint density at radius 3 is 3.00 bits per heavy atom. The van der Waals surface area contributed by atoms with E-state index in [4.69, 9.17) is 0 Å². The van der Waals surface area contributed by atoms with Crippen LogP contribution in [-0.2, 0) is 6.54 Å². The molecule has 0 spiro atoms. The molecule has 0 saturated heterocycles. The van der Waals surface area contributed by atoms with Crippen molar-refractivity contribution in [3.8, 4) is 5.69 Å². The van der Waals surface area contributed by atoms with E-state index in [0.29, 0.717) is 0 Å². The zero-order valence-corrected chi connectivity index (χ0v) is 10.1. The number of hydrogen-bond donors (Lipinski definition) is 1. The highest BCUT2D eigenvalue weighted by molar-refractivity contribution is 5.35. The molecule has 17 heavy (non-hydrogen) atoms. The summed E-state index contributed by atoms with van der Waals surface area (Å²) in [5, 5.41) is 7.81. The summed E-state index contributed by atoms with van der Waals surface area (Å²) in [6.45, 7) is 0.893. The third-order valence-electron chi connectivity index (χ3n) is 3.16. The van der Waals surface area contributed by atoms with Crippen LogP contribution >= 0.6 is 0 Å². The van der Waals surface area contributed by atoms with Gasteiger partial charge >= 0.3 is 0 Å². The molecule has 2 aromatic rings. The maximum atomic E-state index is 4.64. The van der Waals surface area contributed by atoms with Crippen molar-refractivity contribution in [2.45, 2.75) is 25.3 Å². The largest absolute Gasteiger partial charge is 0.316 e. The van der Waals surface area contributed by atoms with Crippen molar-refractivity contribution in [1.82, 2.24) is 15.1 Å². The van der Waals surface area contributed by atoms with Gasteiger partial charge in [0.15, 0.2) is 0 Å². The van der Waals surface area contributed by atoms with Crippen molar-refractivity contribution in [3.63, 3.8) is 0 Å². The Kier molecular flexibility index (Phi) is 2.69. The van der Waals surface area contributed by atoms with Crippen molar-refractivity contribution in [3.05, 3.63) is 47.8 Å². The summed E-state index contributed by atoms with van der Waals surface area (Å²) in [4.78, 5) is 0. The Morgan fingerprint density at radius 2 is 2.24 bits per heavy atom. The molecule has 0 aliphatic heterocycles. The third-order valence-corrected chi connectivity index (χ3v) is 3.16. The van der Waals surface area contributed by atoms with E-state index in [1.54, 1.807) is 0 Å². The molecule has 1 fully saturated rings. The number of hydrogen-bond acceptors (Lipinski definition) is 2. The Bertz CT molecular complexity index is 512. The van der Waals surface area contributed by atoms with Crippen LogP contribution in [0.25, 0.3) is 5.69 Å². The van der Waals surface area contributed by atoms with Crippen LogP contribution in [0.2, 0.25) is 0 Å². The average Bonchev–Trinajstić information content (AvgIpc) is 3.08. The Morgan fingerprint density at radius 1 is 1.35 bits per heavy atom. The van der Waals surface area contributed by atoms with E-state index in [-0.39, 0.29) is 0 Å². The highest BCUT2D eigenvalue weighted by Crippen LogP contribution is 2.39. The Hall–Kier alpha value is -1.61. The first-order valence-corrected chi connectivity index (χ1v) is 6.16. The molecule has 1 N–H and O–H groups in total. The minimum atomic E-state index is 0.719. The van der Waals surface area contributed by atoms with Gasteiger partial charge in [0.1, 0.15) is 0 Å². The number of benzene rings is 1. The van der Waals surface area contributed by atoms with Crippen molar-refractivity contribution in [1.29, 1.82) is 0 Å². The third kappa shape index (κ3) is 2.24. The SMILES string of the molecule is CNCc1cccc(-n2ccc(C3CC3)n2)c1. The summed E-state index contributed by atoms with van der Waals surface area (Å²) in [5.41, 5.74) is 3.67. The Labute approximate surface area is 101 Å². The van der Waals surface area contributed by atoms with Crippen LogP contribution in [0, 0.1) is 0 Å². The smallest absolute Gasteiger partial charge is 0.0659 e. The minimum Gasteiger partial charge on any atom is -0.316 e. The van der Waals surface area contributed by atoms with Crippen molar-refractivity contribution < 1.29 is 0 Å². The van der Waals surface area contributed by atoms with Gasteiger partial charge in [-0.1, -0.05) is 12.1 Å². The van der Waals surface area contributed by atoms with Gasteiger partial charge in [0.05, 0.1) is 11.4 Å². The predicted molar refractivity (Wildman–Crippen MR) is 68.3 cm³/mol. The molecule has 88 valence electrons. The fraction of sp³-hybridized carbons (Fsp3) is 0.357. The van der Waals surface area contributed by atoms with E-state index in [9.17, 15) is 0 Å². The molecule has 3 rings (SSSR count). The van der Waals surface area contributed by atoms with Crippen LogP contribution in [0.5, 0.6) is 0 Å². The van der Waals surface area contributed by atoms with Crippen LogP contribution in [0.15, 0.2) is 36.5 Å². The summed E-state index contributed by atoms with van der Waals surface area (Å²) >= 11 is 0. The molecule has 1 aromatic carbocycles. The minimum absolute atomic E-state index is 0.719. The zero-order chi connectivity index (χ0) is 11.7. The summed E-state index contributed by atoms with van der Waals surface area (Å²) in [7, 11) is 1.96. The number of nitrogens with one attached hydrogen (secondary N) is 1. The van der Waals surface area contributed by atoms with Crippen molar-refractivity contribution in [2.24, 2.45) is 0 Å². The maximum absolute atomic E-state index is 4.64. The summed E-state index contributed by atoms with van der Waals surface area (Å²) in [6, 6.07) is 10.6.